The van der Waals surface area contributed by atoms with Gasteiger partial charge in [0.25, 0.3) is 0 Å². The lowest BCUT2D eigenvalue weighted by molar-refractivity contribution is -0.149. The summed E-state index contributed by atoms with van der Waals surface area (Å²) < 4.78 is 12.0. The van der Waals surface area contributed by atoms with Crippen LogP contribution in [-0.4, -0.2) is 64.9 Å². The number of nitrogens with zero attached hydrogens (tertiary/aromatic N) is 4. The van der Waals surface area contributed by atoms with Gasteiger partial charge < -0.3 is 25.0 Å². The fraction of sp³-hybridized carbons (Fsp3) is 0.882. The van der Waals surface area contributed by atoms with E-state index in [1.165, 1.54) is 4.90 Å². The summed E-state index contributed by atoms with van der Waals surface area (Å²) in [7, 11) is -0.414. The highest BCUT2D eigenvalue weighted by Gasteiger charge is 2.52. The summed E-state index contributed by atoms with van der Waals surface area (Å²) in [6.45, 7) is 9.59. The average molecular weight is 432 g/mol. The van der Waals surface area contributed by atoms with Gasteiger partial charge in [-0.1, -0.05) is 11.5 Å². The average Bonchev–Trinajstić information content (AvgIpc) is 2.79. The van der Waals surface area contributed by atoms with Crippen LogP contribution in [0.2, 0.25) is 6.32 Å². The normalized spacial score (nSPS) is 28.8. The second kappa shape index (κ2) is 9.10. The minimum Gasteiger partial charge on any atom is -0.481 e. The molecule has 0 radical (unpaired) electrons. The van der Waals surface area contributed by atoms with Gasteiger partial charge in [-0.15, -0.1) is 12.4 Å². The van der Waals surface area contributed by atoms with Crippen molar-refractivity contribution in [3.05, 3.63) is 10.4 Å². The predicted molar refractivity (Wildman–Crippen MR) is 111 cm³/mol. The Hall–Kier alpha value is -1.52. The Balaban J connectivity index is 0.00000420. The summed E-state index contributed by atoms with van der Waals surface area (Å²) in [4.78, 5) is 28.4. The van der Waals surface area contributed by atoms with Crippen molar-refractivity contribution < 1.29 is 24.0 Å². The Bertz CT molecular complexity index is 665. The molecule has 0 saturated carbocycles. The lowest BCUT2D eigenvalue weighted by Gasteiger charge is -2.42. The van der Waals surface area contributed by atoms with Crippen LogP contribution in [0.1, 0.15) is 47.5 Å². The molecule has 29 heavy (non-hydrogen) atoms. The van der Waals surface area contributed by atoms with Crippen LogP contribution in [0.15, 0.2) is 5.11 Å². The van der Waals surface area contributed by atoms with Gasteiger partial charge in [0.05, 0.1) is 17.2 Å². The molecule has 3 N–H and O–H groups in total. The highest BCUT2D eigenvalue weighted by Crippen LogP contribution is 2.39. The molecule has 0 aliphatic carbocycles. The predicted octanol–water partition coefficient (Wildman–Crippen LogP) is 2.22. The maximum atomic E-state index is 12.4. The number of rotatable bonds is 6. The van der Waals surface area contributed by atoms with Gasteiger partial charge in [-0.3, -0.25) is 9.59 Å². The molecule has 0 aromatic rings. The fourth-order valence-corrected chi connectivity index (χ4v) is 3.76. The molecule has 3 atom stereocenters. The van der Waals surface area contributed by atoms with Crippen molar-refractivity contribution in [2.45, 2.75) is 76.6 Å². The van der Waals surface area contributed by atoms with Gasteiger partial charge in [0.1, 0.15) is 0 Å². The zero-order valence-electron chi connectivity index (χ0n) is 17.6. The van der Waals surface area contributed by atoms with Crippen LogP contribution in [0.25, 0.3) is 10.4 Å². The zero-order chi connectivity index (χ0) is 21.3. The first-order valence-electron chi connectivity index (χ1n) is 9.53. The lowest BCUT2D eigenvalue weighted by atomic mass is 9.74. The van der Waals surface area contributed by atoms with E-state index in [-0.39, 0.29) is 37.2 Å². The number of hydrogen-bond donors (Lipinski definition) is 2. The van der Waals surface area contributed by atoms with E-state index < -0.39 is 35.9 Å². The largest absolute Gasteiger partial charge is 0.481 e. The number of halogens is 1. The minimum atomic E-state index is -1.70. The molecule has 10 nitrogen and oxygen atoms in total. The molecule has 0 aromatic heterocycles. The van der Waals surface area contributed by atoms with Crippen LogP contribution in [-0.2, 0) is 18.9 Å². The van der Waals surface area contributed by atoms with E-state index >= 15 is 0 Å². The molecular weight excluding hydrogens is 400 g/mol. The molecule has 2 saturated heterocycles. The molecule has 0 spiro atoms. The van der Waals surface area contributed by atoms with E-state index in [0.29, 0.717) is 19.3 Å². The maximum absolute atomic E-state index is 12.4. The standard InChI is InChI=1S/C17H30BN5O5.ClH/c1-11(19)13(24)23-9-12(8-17(10-23,14(25)26)21-22-20)6-7-18-27-15(2,3)16(4,5)28-18;/h11-12H,6-10,19H2,1-5H3,(H,25,26);1H/t11-,12+,17+;/m0./s1. The first-order valence-corrected chi connectivity index (χ1v) is 9.53. The number of carboxylic acid groups (broad SMARTS) is 1. The summed E-state index contributed by atoms with van der Waals surface area (Å²) in [5, 5.41) is 13.3. The van der Waals surface area contributed by atoms with Gasteiger partial charge in [0, 0.05) is 18.0 Å². The van der Waals surface area contributed by atoms with Crippen LogP contribution in [0.4, 0.5) is 0 Å². The van der Waals surface area contributed by atoms with Crippen molar-refractivity contribution in [1.82, 2.24) is 4.90 Å². The van der Waals surface area contributed by atoms with Gasteiger partial charge >= 0.3 is 13.1 Å². The summed E-state index contributed by atoms with van der Waals surface area (Å²) in [5.41, 5.74) is 12.0. The molecule has 2 heterocycles. The van der Waals surface area contributed by atoms with E-state index in [0.717, 1.165) is 0 Å². The van der Waals surface area contributed by atoms with E-state index in [1.807, 2.05) is 27.7 Å². The number of azide groups is 1. The number of likely N-dealkylation sites (tertiary alicyclic amines) is 1. The SMILES string of the molecule is C[C@H](N)C(=O)N1C[C@H](CCB2OC(C)(C)C(C)(C)O2)C[C@](N=[N+]=[N-])(C(=O)O)C1.Cl. The Kier molecular flexibility index (Phi) is 8.01. The van der Waals surface area contributed by atoms with Crippen molar-refractivity contribution in [2.75, 3.05) is 13.1 Å². The van der Waals surface area contributed by atoms with Crippen molar-refractivity contribution in [2.24, 2.45) is 16.8 Å². The number of aliphatic carboxylic acids is 1. The maximum Gasteiger partial charge on any atom is 0.457 e. The van der Waals surface area contributed by atoms with Crippen LogP contribution in [0.3, 0.4) is 0 Å². The minimum absolute atomic E-state index is 0. The quantitative estimate of drug-likeness (QED) is 0.285. The van der Waals surface area contributed by atoms with Crippen LogP contribution in [0, 0.1) is 5.92 Å². The topological polar surface area (TPSA) is 151 Å². The number of carbonyl (C=O) groups is 2. The van der Waals surface area contributed by atoms with E-state index in [4.69, 9.17) is 20.6 Å². The molecule has 0 bridgehead atoms. The second-order valence-electron chi connectivity index (χ2n) is 8.87. The van der Waals surface area contributed by atoms with E-state index in [1.54, 1.807) is 6.92 Å². The number of hydrogen-bond acceptors (Lipinski definition) is 6. The molecule has 0 unspecified atom stereocenters. The summed E-state index contributed by atoms with van der Waals surface area (Å²) in [6.07, 6.45) is 1.26. The molecule has 2 fully saturated rings. The summed E-state index contributed by atoms with van der Waals surface area (Å²) in [5.74, 6) is -1.79. The van der Waals surface area contributed by atoms with Crippen LogP contribution < -0.4 is 5.73 Å². The zero-order valence-corrected chi connectivity index (χ0v) is 18.4. The van der Waals surface area contributed by atoms with E-state index in [2.05, 4.69) is 10.0 Å². The Morgan fingerprint density at radius 3 is 2.34 bits per heavy atom. The Morgan fingerprint density at radius 1 is 1.34 bits per heavy atom. The molecule has 1 amide bonds. The molecule has 0 aromatic carbocycles. The van der Waals surface area contributed by atoms with Crippen LogP contribution >= 0.6 is 12.4 Å². The van der Waals surface area contributed by atoms with Crippen molar-refractivity contribution in [3.8, 4) is 0 Å². The van der Waals surface area contributed by atoms with Gasteiger partial charge in [0.2, 0.25) is 5.91 Å². The number of amides is 1. The molecular formula is C17H31BClN5O5. The first kappa shape index (κ1) is 25.5. The highest BCUT2D eigenvalue weighted by molar-refractivity contribution is 6.45. The van der Waals surface area contributed by atoms with Gasteiger partial charge in [-0.05, 0) is 58.8 Å². The number of nitrogens with two attached hydrogens (primary N) is 1. The van der Waals surface area contributed by atoms with Gasteiger partial charge in [0.15, 0.2) is 5.54 Å². The van der Waals surface area contributed by atoms with Gasteiger partial charge in [-0.2, -0.15) is 0 Å². The lowest BCUT2D eigenvalue weighted by Crippen LogP contribution is -2.58. The van der Waals surface area contributed by atoms with Gasteiger partial charge in [-0.25, -0.2) is 0 Å². The summed E-state index contributed by atoms with van der Waals surface area (Å²) in [6, 6.07) is -0.764. The highest BCUT2D eigenvalue weighted by atomic mass is 35.5. The summed E-state index contributed by atoms with van der Waals surface area (Å²) >= 11 is 0. The van der Waals surface area contributed by atoms with Crippen molar-refractivity contribution >= 4 is 31.4 Å². The second-order valence-corrected chi connectivity index (χ2v) is 8.87. The molecule has 164 valence electrons. The van der Waals surface area contributed by atoms with Crippen molar-refractivity contribution in [1.29, 1.82) is 0 Å². The number of carboxylic acids is 1. The molecule has 12 heteroatoms. The number of carbonyl (C=O) groups excluding carboxylic acids is 1. The van der Waals surface area contributed by atoms with E-state index in [9.17, 15) is 14.7 Å². The Morgan fingerprint density at radius 2 is 1.90 bits per heavy atom. The van der Waals surface area contributed by atoms with Crippen LogP contribution in [0.5, 0.6) is 0 Å². The third kappa shape index (κ3) is 5.35. The molecule has 2 aliphatic heterocycles. The smallest absolute Gasteiger partial charge is 0.457 e. The third-order valence-corrected chi connectivity index (χ3v) is 6.01. The van der Waals surface area contributed by atoms with Crippen molar-refractivity contribution in [3.63, 3.8) is 0 Å². The number of piperidine rings is 1. The molecule has 2 rings (SSSR count). The fourth-order valence-electron chi connectivity index (χ4n) is 3.76. The first-order chi connectivity index (χ1) is 12.8. The monoisotopic (exact) mass is 431 g/mol. The Labute approximate surface area is 177 Å². The molecule has 2 aliphatic rings. The third-order valence-electron chi connectivity index (χ3n) is 6.01.